The van der Waals surface area contributed by atoms with Crippen LogP contribution in [-0.4, -0.2) is 16.7 Å². The number of rotatable bonds is 2. The summed E-state index contributed by atoms with van der Waals surface area (Å²) in [6, 6.07) is 20.7. The summed E-state index contributed by atoms with van der Waals surface area (Å²) in [6.45, 7) is 3.54. The number of hydrogen-bond donors (Lipinski definition) is 0. The normalized spacial score (nSPS) is 27.2. The highest BCUT2D eigenvalue weighted by Gasteiger charge is 2.68. The largest absolute Gasteiger partial charge is 0.274 e. The van der Waals surface area contributed by atoms with Crippen molar-refractivity contribution in [2.75, 3.05) is 4.90 Å². The lowest BCUT2D eigenvalue weighted by Crippen LogP contribution is -2.49. The first-order valence-electron chi connectivity index (χ1n) is 10.7. The van der Waals surface area contributed by atoms with Crippen LogP contribution in [0, 0.1) is 28.4 Å². The van der Waals surface area contributed by atoms with Gasteiger partial charge in [0.2, 0.25) is 11.8 Å². The van der Waals surface area contributed by atoms with Crippen LogP contribution >= 0.6 is 0 Å². The zero-order valence-corrected chi connectivity index (χ0v) is 17.6. The van der Waals surface area contributed by atoms with Gasteiger partial charge in [0.15, 0.2) is 0 Å². The molecule has 6 heteroatoms. The minimum absolute atomic E-state index is 0.0994. The van der Waals surface area contributed by atoms with Crippen molar-refractivity contribution in [3.63, 3.8) is 0 Å². The van der Waals surface area contributed by atoms with E-state index in [1.54, 1.807) is 19.1 Å². The van der Waals surface area contributed by atoms with Crippen LogP contribution in [0.25, 0.3) is 0 Å². The quantitative estimate of drug-likeness (QED) is 0.340. The molecule has 4 aliphatic rings. The molecule has 158 valence electrons. The fraction of sp³-hybridized carbons (Fsp3) is 0.231. The maximum Gasteiger partial charge on any atom is 0.274 e. The van der Waals surface area contributed by atoms with Gasteiger partial charge in [-0.1, -0.05) is 54.6 Å². The van der Waals surface area contributed by atoms with Crippen LogP contribution in [-0.2, 0) is 9.59 Å². The average molecular weight is 424 g/mol. The first kappa shape index (κ1) is 18.9. The van der Waals surface area contributed by atoms with Crippen molar-refractivity contribution in [2.45, 2.75) is 25.7 Å². The zero-order valence-electron chi connectivity index (χ0n) is 17.6. The van der Waals surface area contributed by atoms with E-state index in [4.69, 9.17) is 0 Å². The van der Waals surface area contributed by atoms with Crippen molar-refractivity contribution >= 4 is 23.2 Å². The molecule has 0 unspecified atom stereocenters. The molecule has 32 heavy (non-hydrogen) atoms. The molecule has 2 bridgehead atoms. The Morgan fingerprint density at radius 3 is 2.03 bits per heavy atom. The standard InChI is InChI=1S/C26H20N2O4/c1-14-11-12-15(13-20(14)28(31)32)27-24(29)23-21-16-7-3-5-9-18(16)22(26(23,2)25(27)30)19-10-6-4-8-17(19)21/h3-13,21-23H,1-2H3/t21?,22?,23-,26-/m1/s1. The van der Waals surface area contributed by atoms with Crippen molar-refractivity contribution in [3.05, 3.63) is 105 Å². The van der Waals surface area contributed by atoms with Crippen LogP contribution in [0.1, 0.15) is 46.6 Å². The predicted molar refractivity (Wildman–Crippen MR) is 118 cm³/mol. The van der Waals surface area contributed by atoms with Crippen molar-refractivity contribution in [2.24, 2.45) is 11.3 Å². The number of anilines is 1. The molecule has 0 aromatic heterocycles. The molecule has 1 heterocycles. The molecule has 2 amide bonds. The van der Waals surface area contributed by atoms with Crippen LogP contribution < -0.4 is 4.90 Å². The Labute approximate surface area is 184 Å². The molecule has 3 aromatic carbocycles. The van der Waals surface area contributed by atoms with E-state index < -0.39 is 16.3 Å². The van der Waals surface area contributed by atoms with Crippen LogP contribution in [0.2, 0.25) is 0 Å². The second-order valence-corrected chi connectivity index (χ2v) is 9.14. The molecule has 1 aliphatic heterocycles. The summed E-state index contributed by atoms with van der Waals surface area (Å²) >= 11 is 0. The number of imide groups is 1. The Hall–Kier alpha value is -3.80. The molecule has 3 aromatic rings. The monoisotopic (exact) mass is 424 g/mol. The van der Waals surface area contributed by atoms with Crippen molar-refractivity contribution in [1.82, 2.24) is 0 Å². The predicted octanol–water partition coefficient (Wildman–Crippen LogP) is 4.69. The number of carbonyl (C=O) groups excluding carboxylic acids is 2. The van der Waals surface area contributed by atoms with E-state index in [1.807, 2.05) is 31.2 Å². The highest BCUT2D eigenvalue weighted by atomic mass is 16.6. The van der Waals surface area contributed by atoms with Gasteiger partial charge >= 0.3 is 0 Å². The van der Waals surface area contributed by atoms with Gasteiger partial charge in [0, 0.05) is 23.5 Å². The van der Waals surface area contributed by atoms with Gasteiger partial charge < -0.3 is 0 Å². The fourth-order valence-corrected chi connectivity index (χ4v) is 6.29. The molecule has 0 radical (unpaired) electrons. The minimum atomic E-state index is -0.954. The summed E-state index contributed by atoms with van der Waals surface area (Å²) in [6.07, 6.45) is 0. The van der Waals surface area contributed by atoms with Gasteiger partial charge in [0.1, 0.15) is 0 Å². The summed E-state index contributed by atoms with van der Waals surface area (Å²) in [7, 11) is 0. The maximum atomic E-state index is 14.0. The second kappa shape index (κ2) is 6.13. The van der Waals surface area contributed by atoms with Crippen molar-refractivity contribution in [3.8, 4) is 0 Å². The number of nitro benzene ring substituents is 1. The Morgan fingerprint density at radius 1 is 0.906 bits per heavy atom. The molecule has 0 spiro atoms. The number of nitro groups is 1. The van der Waals surface area contributed by atoms with Gasteiger partial charge in [-0.2, -0.15) is 0 Å². The zero-order chi connectivity index (χ0) is 22.4. The van der Waals surface area contributed by atoms with E-state index in [1.165, 1.54) is 11.0 Å². The van der Waals surface area contributed by atoms with Gasteiger partial charge in [0.05, 0.1) is 21.9 Å². The molecule has 0 N–H and O–H groups in total. The Balaban J connectivity index is 1.58. The summed E-state index contributed by atoms with van der Waals surface area (Å²) in [5.74, 6) is -1.59. The molecule has 6 nitrogen and oxygen atoms in total. The highest BCUT2D eigenvalue weighted by molar-refractivity contribution is 6.25. The Morgan fingerprint density at radius 2 is 1.47 bits per heavy atom. The summed E-state index contributed by atoms with van der Waals surface area (Å²) in [4.78, 5) is 40.1. The third-order valence-corrected chi connectivity index (χ3v) is 7.66. The van der Waals surface area contributed by atoms with Crippen LogP contribution in [0.3, 0.4) is 0 Å². The van der Waals surface area contributed by atoms with Crippen LogP contribution in [0.4, 0.5) is 11.4 Å². The van der Waals surface area contributed by atoms with Gasteiger partial charge in [-0.05, 0) is 42.2 Å². The summed E-state index contributed by atoms with van der Waals surface area (Å²) in [5.41, 5.74) is 4.07. The van der Waals surface area contributed by atoms with E-state index in [0.29, 0.717) is 5.56 Å². The topological polar surface area (TPSA) is 80.5 Å². The number of hydrogen-bond acceptors (Lipinski definition) is 4. The van der Waals surface area contributed by atoms with Crippen molar-refractivity contribution < 1.29 is 14.5 Å². The lowest BCUT2D eigenvalue weighted by molar-refractivity contribution is -0.385. The molecule has 3 aliphatic carbocycles. The lowest BCUT2D eigenvalue weighted by Gasteiger charge is -2.51. The van der Waals surface area contributed by atoms with Gasteiger partial charge in [0.25, 0.3) is 5.69 Å². The van der Waals surface area contributed by atoms with E-state index in [9.17, 15) is 19.7 Å². The number of benzene rings is 3. The number of amides is 2. The maximum absolute atomic E-state index is 14.0. The number of carbonyl (C=O) groups is 2. The molecular formula is C26H20N2O4. The van der Waals surface area contributed by atoms with Crippen LogP contribution in [0.5, 0.6) is 0 Å². The lowest BCUT2D eigenvalue weighted by atomic mass is 9.48. The molecule has 2 atom stereocenters. The van der Waals surface area contributed by atoms with Gasteiger partial charge in [-0.3, -0.25) is 19.7 Å². The van der Waals surface area contributed by atoms with Crippen LogP contribution in [0.15, 0.2) is 66.7 Å². The fourth-order valence-electron chi connectivity index (χ4n) is 6.29. The van der Waals surface area contributed by atoms with Crippen molar-refractivity contribution in [1.29, 1.82) is 0 Å². The van der Waals surface area contributed by atoms with Gasteiger partial charge in [-0.15, -0.1) is 0 Å². The first-order chi connectivity index (χ1) is 15.4. The first-order valence-corrected chi connectivity index (χ1v) is 10.7. The van der Waals surface area contributed by atoms with E-state index in [-0.39, 0.29) is 35.0 Å². The molecule has 0 saturated carbocycles. The SMILES string of the molecule is Cc1ccc(N2C(=O)[C@H]3C4c5ccccc5C(c5ccccc54)[C@@]3(C)C2=O)cc1[N+](=O)[O-]. The summed E-state index contributed by atoms with van der Waals surface area (Å²) in [5, 5.41) is 11.5. The average Bonchev–Trinajstić information content (AvgIpc) is 3.00. The third kappa shape index (κ3) is 2.09. The molecule has 7 rings (SSSR count). The van der Waals surface area contributed by atoms with E-state index in [0.717, 1.165) is 22.3 Å². The Bertz CT molecular complexity index is 1320. The summed E-state index contributed by atoms with van der Waals surface area (Å²) < 4.78 is 0. The van der Waals surface area contributed by atoms with Gasteiger partial charge in [-0.25, -0.2) is 4.90 Å². The second-order valence-electron chi connectivity index (χ2n) is 9.14. The minimum Gasteiger partial charge on any atom is -0.274 e. The molecular weight excluding hydrogens is 404 g/mol. The number of aryl methyl sites for hydroxylation is 1. The van der Waals surface area contributed by atoms with E-state index >= 15 is 0 Å². The third-order valence-electron chi connectivity index (χ3n) is 7.66. The highest BCUT2D eigenvalue weighted by Crippen LogP contribution is 2.67. The smallest absolute Gasteiger partial charge is 0.274 e. The van der Waals surface area contributed by atoms with E-state index in [2.05, 4.69) is 24.3 Å². The molecule has 1 saturated heterocycles. The molecule has 1 fully saturated rings. The number of nitrogens with zero attached hydrogens (tertiary/aromatic N) is 2. The Kier molecular flexibility index (Phi) is 3.62.